The van der Waals surface area contributed by atoms with Gasteiger partial charge in [-0.25, -0.2) is 4.39 Å². The summed E-state index contributed by atoms with van der Waals surface area (Å²) in [4.78, 5) is 0. The first kappa shape index (κ1) is 6.76. The van der Waals surface area contributed by atoms with Crippen LogP contribution in [0.2, 0.25) is 0 Å². The third kappa shape index (κ3) is 2.45. The van der Waals surface area contributed by atoms with Crippen LogP contribution < -0.4 is 5.32 Å². The van der Waals surface area contributed by atoms with Crippen LogP contribution in [0.5, 0.6) is 0 Å². The summed E-state index contributed by atoms with van der Waals surface area (Å²) in [6.45, 7) is 1.29. The van der Waals surface area contributed by atoms with Crippen molar-refractivity contribution in [3.8, 4) is 0 Å². The first-order chi connectivity index (χ1) is 3.18. The lowest BCUT2D eigenvalue weighted by Gasteiger charge is -1.92. The Labute approximate surface area is 47.2 Å². The molecule has 0 aliphatic carbocycles. The second-order valence-electron chi connectivity index (χ2n) is 1.10. The van der Waals surface area contributed by atoms with Crippen LogP contribution in [0.3, 0.4) is 0 Å². The highest BCUT2D eigenvalue weighted by Crippen LogP contribution is 2.03. The molecule has 0 fully saturated rings. The summed E-state index contributed by atoms with van der Waals surface area (Å²) < 4.78 is 11.8. The average molecular weight is 124 g/mol. The second-order valence-corrected chi connectivity index (χ2v) is 1.48. The number of allylic oxidation sites excluding steroid dienone is 1. The fourth-order valence-corrected chi connectivity index (χ4v) is 0.172. The summed E-state index contributed by atoms with van der Waals surface area (Å²) >= 11 is 5.19. The molecule has 0 bridgehead atoms. The average Bonchev–Trinajstić information content (AvgIpc) is 1.65. The molecule has 0 unspecified atom stereocenters. The maximum Gasteiger partial charge on any atom is 0.133 e. The van der Waals surface area contributed by atoms with E-state index in [1.165, 1.54) is 6.92 Å². The van der Waals surface area contributed by atoms with Crippen molar-refractivity contribution in [3.05, 3.63) is 11.0 Å². The van der Waals surface area contributed by atoms with Crippen LogP contribution in [0, 0.1) is 0 Å². The van der Waals surface area contributed by atoms with Crippen molar-refractivity contribution in [2.45, 2.75) is 6.92 Å². The van der Waals surface area contributed by atoms with Crippen LogP contribution in [-0.2, 0) is 0 Å². The predicted octanol–water partition coefficient (Wildman–Crippen LogP) is 1.60. The van der Waals surface area contributed by atoms with Crippen molar-refractivity contribution in [1.82, 2.24) is 5.32 Å². The van der Waals surface area contributed by atoms with Gasteiger partial charge in [0.05, 0.1) is 0 Å². The number of rotatable bonds is 1. The van der Waals surface area contributed by atoms with E-state index in [9.17, 15) is 4.39 Å². The number of hydrogen-bond acceptors (Lipinski definition) is 1. The first-order valence-electron chi connectivity index (χ1n) is 1.88. The molecule has 0 aliphatic heterocycles. The molecule has 3 heteroatoms. The fourth-order valence-electron chi connectivity index (χ4n) is 0.172. The number of hydrogen-bond donors (Lipinski definition) is 1. The Morgan fingerprint density at radius 3 is 2.14 bits per heavy atom. The van der Waals surface area contributed by atoms with Gasteiger partial charge in [0.2, 0.25) is 0 Å². The number of nitrogens with one attached hydrogen (secondary N) is 1. The lowest BCUT2D eigenvalue weighted by molar-refractivity contribution is 0.626. The van der Waals surface area contributed by atoms with E-state index in [2.05, 4.69) is 5.32 Å². The summed E-state index contributed by atoms with van der Waals surface area (Å²) in [7, 11) is 1.56. The normalized spacial score (nSPS) is 13.1. The van der Waals surface area contributed by atoms with E-state index in [1.54, 1.807) is 7.05 Å². The van der Waals surface area contributed by atoms with Gasteiger partial charge in [0.25, 0.3) is 0 Å². The van der Waals surface area contributed by atoms with E-state index in [0.29, 0.717) is 0 Å². The van der Waals surface area contributed by atoms with Gasteiger partial charge in [-0.1, -0.05) is 11.6 Å². The molecule has 0 aliphatic rings. The maximum atomic E-state index is 11.8. The minimum Gasteiger partial charge on any atom is -0.377 e. The van der Waals surface area contributed by atoms with E-state index in [4.69, 9.17) is 11.6 Å². The molecule has 1 nitrogen and oxygen atoms in total. The SMILES string of the molecule is CN/C(Cl)=C(\C)F. The fraction of sp³-hybridized carbons (Fsp3) is 0.500. The van der Waals surface area contributed by atoms with E-state index < -0.39 is 0 Å². The highest BCUT2D eigenvalue weighted by atomic mass is 35.5. The van der Waals surface area contributed by atoms with Gasteiger partial charge < -0.3 is 5.32 Å². The molecular formula is C4H7ClFN. The van der Waals surface area contributed by atoms with Gasteiger partial charge in [-0.3, -0.25) is 0 Å². The Hall–Kier alpha value is -0.240. The van der Waals surface area contributed by atoms with Crippen LogP contribution in [0.25, 0.3) is 0 Å². The summed E-state index contributed by atoms with van der Waals surface area (Å²) in [5, 5.41) is 2.50. The Morgan fingerprint density at radius 2 is 2.14 bits per heavy atom. The topological polar surface area (TPSA) is 12.0 Å². The molecule has 0 amide bonds. The molecule has 0 aromatic carbocycles. The number of halogens is 2. The quantitative estimate of drug-likeness (QED) is 0.523. The summed E-state index contributed by atoms with van der Waals surface area (Å²) in [5.74, 6) is -0.385. The van der Waals surface area contributed by atoms with Crippen molar-refractivity contribution in [2.24, 2.45) is 0 Å². The van der Waals surface area contributed by atoms with E-state index >= 15 is 0 Å². The molecule has 0 atom stereocenters. The van der Waals surface area contributed by atoms with E-state index in [1.807, 2.05) is 0 Å². The van der Waals surface area contributed by atoms with Crippen LogP contribution in [0.1, 0.15) is 6.92 Å². The van der Waals surface area contributed by atoms with Crippen LogP contribution >= 0.6 is 11.6 Å². The third-order valence-corrected chi connectivity index (χ3v) is 0.971. The van der Waals surface area contributed by atoms with Crippen LogP contribution in [-0.4, -0.2) is 7.05 Å². The Bertz CT molecular complexity index is 85.7. The minimum atomic E-state index is -0.385. The van der Waals surface area contributed by atoms with Gasteiger partial charge in [-0.05, 0) is 6.92 Å². The van der Waals surface area contributed by atoms with E-state index in [0.717, 1.165) is 0 Å². The van der Waals surface area contributed by atoms with Gasteiger partial charge in [0.1, 0.15) is 11.0 Å². The smallest absolute Gasteiger partial charge is 0.133 e. The van der Waals surface area contributed by atoms with Crippen molar-refractivity contribution in [1.29, 1.82) is 0 Å². The molecule has 0 heterocycles. The molecule has 0 rings (SSSR count). The molecule has 0 radical (unpaired) electrons. The van der Waals surface area contributed by atoms with Crippen LogP contribution in [0.4, 0.5) is 4.39 Å². The Kier molecular flexibility index (Phi) is 2.76. The molecule has 1 N–H and O–H groups in total. The van der Waals surface area contributed by atoms with Gasteiger partial charge in [-0.2, -0.15) is 0 Å². The van der Waals surface area contributed by atoms with Crippen LogP contribution in [0.15, 0.2) is 11.0 Å². The zero-order valence-corrected chi connectivity index (χ0v) is 5.01. The molecule has 7 heavy (non-hydrogen) atoms. The highest BCUT2D eigenvalue weighted by molar-refractivity contribution is 6.29. The van der Waals surface area contributed by atoms with Gasteiger partial charge in [0.15, 0.2) is 0 Å². The highest BCUT2D eigenvalue weighted by Gasteiger charge is 1.89. The Balaban J connectivity index is 3.72. The third-order valence-electron chi connectivity index (χ3n) is 0.522. The molecule has 0 aromatic heterocycles. The molecule has 0 saturated carbocycles. The van der Waals surface area contributed by atoms with Gasteiger partial charge in [0, 0.05) is 7.05 Å². The van der Waals surface area contributed by atoms with Crippen molar-refractivity contribution >= 4 is 11.6 Å². The summed E-state index contributed by atoms with van der Waals surface area (Å²) in [6.07, 6.45) is 0. The molecule has 42 valence electrons. The van der Waals surface area contributed by atoms with Gasteiger partial charge in [-0.15, -0.1) is 0 Å². The van der Waals surface area contributed by atoms with Crippen molar-refractivity contribution < 1.29 is 4.39 Å². The zero-order valence-electron chi connectivity index (χ0n) is 4.26. The summed E-state index contributed by atoms with van der Waals surface area (Å²) in [6, 6.07) is 0. The molecular weight excluding hydrogens is 117 g/mol. The second kappa shape index (κ2) is 2.86. The molecule has 0 saturated heterocycles. The van der Waals surface area contributed by atoms with Gasteiger partial charge >= 0.3 is 0 Å². The monoisotopic (exact) mass is 123 g/mol. The summed E-state index contributed by atoms with van der Waals surface area (Å²) in [5.41, 5.74) is 0. The van der Waals surface area contributed by atoms with Crippen molar-refractivity contribution in [2.75, 3.05) is 7.05 Å². The van der Waals surface area contributed by atoms with E-state index in [-0.39, 0.29) is 11.0 Å². The maximum absolute atomic E-state index is 11.8. The first-order valence-corrected chi connectivity index (χ1v) is 2.26. The lowest BCUT2D eigenvalue weighted by Crippen LogP contribution is -1.99. The molecule has 0 spiro atoms. The predicted molar refractivity (Wildman–Crippen MR) is 28.7 cm³/mol. The largest absolute Gasteiger partial charge is 0.377 e. The molecule has 0 aromatic rings. The lowest BCUT2D eigenvalue weighted by atomic mass is 10.6. The minimum absolute atomic E-state index is 0.0694. The van der Waals surface area contributed by atoms with Crippen molar-refractivity contribution in [3.63, 3.8) is 0 Å². The Morgan fingerprint density at radius 1 is 1.71 bits per heavy atom. The standard InChI is InChI=1S/C4H7ClFN/c1-3(6)4(5)7-2/h7H,1-2H3/b4-3+. The zero-order chi connectivity index (χ0) is 5.86.